The van der Waals surface area contributed by atoms with Crippen LogP contribution < -0.4 is 26.2 Å². The van der Waals surface area contributed by atoms with Crippen molar-refractivity contribution < 1.29 is 0 Å². The van der Waals surface area contributed by atoms with E-state index < -0.39 is 0 Å². The quantitative estimate of drug-likeness (QED) is 0.216. The molecule has 0 aromatic heterocycles. The zero-order valence-electron chi connectivity index (χ0n) is 22.6. The molecular weight excluding hydrogens is 495 g/mol. The minimum absolute atomic E-state index is 0.114. The van der Waals surface area contributed by atoms with Crippen molar-refractivity contribution in [2.75, 3.05) is 9.80 Å². The highest BCUT2D eigenvalue weighted by atomic mass is 15.2. The Morgan fingerprint density at radius 3 is 1.85 bits per heavy atom. The molecule has 0 amide bonds. The third-order valence-electron chi connectivity index (χ3n) is 9.13. The number of fused-ring (bicyclic) bond motifs is 8. The molecule has 0 spiro atoms. The van der Waals surface area contributed by atoms with Gasteiger partial charge < -0.3 is 9.80 Å². The molecule has 2 heterocycles. The van der Waals surface area contributed by atoms with Crippen LogP contribution in [0.25, 0.3) is 21.5 Å². The highest BCUT2D eigenvalue weighted by Crippen LogP contribution is 2.44. The second-order valence-electron chi connectivity index (χ2n) is 11.2. The number of nitrogens with zero attached hydrogens (tertiary/aromatic N) is 2. The van der Waals surface area contributed by atoms with Crippen LogP contribution in [-0.4, -0.2) is 12.8 Å². The molecule has 1 atom stereocenters. The Balaban J connectivity index is 1.46. The highest BCUT2D eigenvalue weighted by molar-refractivity contribution is 7.02. The van der Waals surface area contributed by atoms with E-state index in [1.807, 2.05) is 0 Å². The van der Waals surface area contributed by atoms with Gasteiger partial charge in [0.1, 0.15) is 0 Å². The summed E-state index contributed by atoms with van der Waals surface area (Å²) in [6, 6.07) is 45.2. The van der Waals surface area contributed by atoms with Crippen molar-refractivity contribution in [2.24, 2.45) is 0 Å². The fraction of sp³-hybridized carbons (Fsp3) is 0.0526. The maximum atomic E-state index is 2.61. The summed E-state index contributed by atoms with van der Waals surface area (Å²) >= 11 is 0. The Bertz CT molecular complexity index is 2060. The van der Waals surface area contributed by atoms with Crippen molar-refractivity contribution in [3.05, 3.63) is 146 Å². The molecule has 9 rings (SSSR count). The van der Waals surface area contributed by atoms with Gasteiger partial charge in [-0.2, -0.15) is 0 Å². The summed E-state index contributed by atoms with van der Waals surface area (Å²) in [6.45, 7) is 0.114. The van der Waals surface area contributed by atoms with E-state index in [0.717, 1.165) is 6.42 Å². The van der Waals surface area contributed by atoms with Crippen LogP contribution in [0.3, 0.4) is 0 Å². The average Bonchev–Trinajstić information content (AvgIpc) is 3.05. The Morgan fingerprint density at radius 1 is 0.512 bits per heavy atom. The lowest BCUT2D eigenvalue weighted by Crippen LogP contribution is -2.63. The number of benzene rings is 6. The first-order chi connectivity index (χ1) is 20.4. The van der Waals surface area contributed by atoms with Crippen LogP contribution >= 0.6 is 0 Å². The Hall–Kier alpha value is -5.02. The normalized spacial score (nSPS) is 16.6. The van der Waals surface area contributed by atoms with Gasteiger partial charge in [-0.15, -0.1) is 0 Å². The fourth-order valence-electron chi connectivity index (χ4n) is 7.49. The molecule has 192 valence electrons. The van der Waals surface area contributed by atoms with Crippen LogP contribution in [0.5, 0.6) is 0 Å². The van der Waals surface area contributed by atoms with E-state index >= 15 is 0 Å². The van der Waals surface area contributed by atoms with Crippen LogP contribution in [0, 0.1) is 0 Å². The SMILES string of the molecule is C1=CCC(N2c3cccc4c3B(c3c(ccc5ccccc35)N4c3ccccc3)c3c2ccc2ccccc32)C=C1. The summed E-state index contributed by atoms with van der Waals surface area (Å²) in [6.07, 6.45) is 10.0. The standard InChI is InChI=1S/C38H27BN2/c1-3-14-28(15-4-1)40-32-20-11-21-33-38(32)39(36-30-18-9-7-12-26(30)22-24-34(36)40)37-31-19-10-8-13-27(31)23-25-35(37)41(33)29-16-5-2-6-17-29/h1-16,18-25,29H,17H2. The third-order valence-corrected chi connectivity index (χ3v) is 9.13. The summed E-state index contributed by atoms with van der Waals surface area (Å²) in [4.78, 5) is 5.10. The van der Waals surface area contributed by atoms with Gasteiger partial charge in [-0.3, -0.25) is 0 Å². The summed E-state index contributed by atoms with van der Waals surface area (Å²) < 4.78 is 0. The zero-order chi connectivity index (χ0) is 26.9. The molecule has 3 aliphatic rings. The van der Waals surface area contributed by atoms with E-state index in [1.54, 1.807) is 0 Å². The number of anilines is 5. The smallest absolute Gasteiger partial charge is 0.253 e. The van der Waals surface area contributed by atoms with Crippen molar-refractivity contribution >= 4 is 73.1 Å². The van der Waals surface area contributed by atoms with E-state index in [1.165, 1.54) is 66.4 Å². The van der Waals surface area contributed by atoms with Gasteiger partial charge in [0.15, 0.2) is 0 Å². The molecular formula is C38H27BN2. The van der Waals surface area contributed by atoms with Gasteiger partial charge >= 0.3 is 0 Å². The van der Waals surface area contributed by atoms with E-state index in [-0.39, 0.29) is 12.8 Å². The van der Waals surface area contributed by atoms with Crippen LogP contribution in [-0.2, 0) is 0 Å². The molecule has 6 aromatic carbocycles. The molecule has 0 radical (unpaired) electrons. The molecule has 1 unspecified atom stereocenters. The number of allylic oxidation sites excluding steroid dienone is 2. The minimum atomic E-state index is 0.114. The average molecular weight is 522 g/mol. The van der Waals surface area contributed by atoms with Crippen LogP contribution in [0.4, 0.5) is 28.4 Å². The minimum Gasteiger partial charge on any atom is -0.335 e. The molecule has 0 saturated carbocycles. The fourth-order valence-corrected chi connectivity index (χ4v) is 7.49. The monoisotopic (exact) mass is 522 g/mol. The second-order valence-corrected chi connectivity index (χ2v) is 11.2. The lowest BCUT2D eigenvalue weighted by molar-refractivity contribution is 0.787. The van der Waals surface area contributed by atoms with Crippen molar-refractivity contribution in [3.8, 4) is 0 Å². The summed E-state index contributed by atoms with van der Waals surface area (Å²) in [7, 11) is 0. The van der Waals surface area contributed by atoms with Gasteiger partial charge in [-0.25, -0.2) is 0 Å². The molecule has 0 fully saturated rings. The molecule has 41 heavy (non-hydrogen) atoms. The predicted molar refractivity (Wildman–Crippen MR) is 176 cm³/mol. The zero-order valence-corrected chi connectivity index (χ0v) is 22.6. The van der Waals surface area contributed by atoms with Gasteiger partial charge in [0.05, 0.1) is 6.04 Å². The molecule has 0 bridgehead atoms. The van der Waals surface area contributed by atoms with E-state index in [0.29, 0.717) is 0 Å². The van der Waals surface area contributed by atoms with E-state index in [2.05, 4.69) is 155 Å². The van der Waals surface area contributed by atoms with Gasteiger partial charge in [0, 0.05) is 28.4 Å². The molecule has 1 aliphatic carbocycles. The summed E-state index contributed by atoms with van der Waals surface area (Å²) in [5.41, 5.74) is 10.5. The first kappa shape index (κ1) is 22.8. The van der Waals surface area contributed by atoms with Gasteiger partial charge in [0.25, 0.3) is 6.71 Å². The van der Waals surface area contributed by atoms with Gasteiger partial charge in [0.2, 0.25) is 0 Å². The van der Waals surface area contributed by atoms with Crippen LogP contribution in [0.2, 0.25) is 0 Å². The molecule has 2 aliphatic heterocycles. The van der Waals surface area contributed by atoms with Crippen molar-refractivity contribution in [1.29, 1.82) is 0 Å². The summed E-state index contributed by atoms with van der Waals surface area (Å²) in [5.74, 6) is 0. The number of rotatable bonds is 2. The summed E-state index contributed by atoms with van der Waals surface area (Å²) in [5, 5.41) is 5.23. The molecule has 0 saturated heterocycles. The third kappa shape index (κ3) is 3.20. The Kier molecular flexibility index (Phi) is 4.85. The lowest BCUT2D eigenvalue weighted by atomic mass is 9.32. The first-order valence-corrected chi connectivity index (χ1v) is 14.5. The number of hydrogen-bond acceptors (Lipinski definition) is 2. The van der Waals surface area contributed by atoms with Crippen LogP contribution in [0.1, 0.15) is 6.42 Å². The van der Waals surface area contributed by atoms with Gasteiger partial charge in [-0.1, -0.05) is 109 Å². The highest BCUT2D eigenvalue weighted by Gasteiger charge is 2.45. The maximum Gasteiger partial charge on any atom is 0.253 e. The Labute approximate surface area is 240 Å². The topological polar surface area (TPSA) is 6.48 Å². The van der Waals surface area contributed by atoms with E-state index in [4.69, 9.17) is 0 Å². The largest absolute Gasteiger partial charge is 0.335 e. The number of hydrogen-bond donors (Lipinski definition) is 0. The van der Waals surface area contributed by atoms with Crippen molar-refractivity contribution in [2.45, 2.75) is 12.5 Å². The van der Waals surface area contributed by atoms with Gasteiger partial charge in [-0.05, 0) is 80.8 Å². The van der Waals surface area contributed by atoms with Crippen LogP contribution in [0.15, 0.2) is 146 Å². The first-order valence-electron chi connectivity index (χ1n) is 14.5. The molecule has 6 aromatic rings. The molecule has 0 N–H and O–H groups in total. The predicted octanol–water partition coefficient (Wildman–Crippen LogP) is 7.63. The second kappa shape index (κ2) is 8.74. The molecule has 3 heteroatoms. The van der Waals surface area contributed by atoms with Crippen molar-refractivity contribution in [1.82, 2.24) is 0 Å². The number of para-hydroxylation sites is 1. The molecule has 2 nitrogen and oxygen atoms in total. The lowest BCUT2D eigenvalue weighted by Gasteiger charge is -2.46. The Morgan fingerprint density at radius 2 is 1.12 bits per heavy atom. The van der Waals surface area contributed by atoms with Crippen molar-refractivity contribution in [3.63, 3.8) is 0 Å². The maximum absolute atomic E-state index is 2.61. The van der Waals surface area contributed by atoms with E-state index in [9.17, 15) is 0 Å².